The highest BCUT2D eigenvalue weighted by Crippen LogP contribution is 2.32. The number of rotatable bonds is 10. The zero-order valence-electron chi connectivity index (χ0n) is 23.1. The second kappa shape index (κ2) is 14.2. The van der Waals surface area contributed by atoms with Gasteiger partial charge in [-0.2, -0.15) is 18.4 Å². The van der Waals surface area contributed by atoms with E-state index in [1.807, 2.05) is 16.7 Å². The third kappa shape index (κ3) is 9.04. The third-order valence-corrected chi connectivity index (χ3v) is 7.16. The van der Waals surface area contributed by atoms with E-state index in [1.54, 1.807) is 66.8 Å². The summed E-state index contributed by atoms with van der Waals surface area (Å²) >= 11 is 11.6. The Balaban J connectivity index is 1.45. The number of nitrogens with zero attached hydrogens (tertiary/aromatic N) is 4. The lowest BCUT2D eigenvalue weighted by molar-refractivity contribution is -0.138. The molecule has 0 unspecified atom stereocenters. The maximum atomic E-state index is 13.7. The summed E-state index contributed by atoms with van der Waals surface area (Å²) in [5.41, 5.74) is 2.12. The maximum Gasteiger partial charge on any atom is 0.416 e. The van der Waals surface area contributed by atoms with Gasteiger partial charge in [0.1, 0.15) is 0 Å². The Labute approximate surface area is 257 Å². The van der Waals surface area contributed by atoms with E-state index < -0.39 is 17.8 Å². The number of hydrogen-bond acceptors (Lipinski definition) is 4. The monoisotopic (exact) mass is 624 g/mol. The second-order valence-electron chi connectivity index (χ2n) is 9.94. The van der Waals surface area contributed by atoms with E-state index in [2.05, 4.69) is 21.7 Å². The molecule has 2 N–H and O–H groups in total. The van der Waals surface area contributed by atoms with Crippen molar-refractivity contribution in [3.05, 3.63) is 118 Å². The highest BCUT2D eigenvalue weighted by atomic mass is 35.5. The number of anilines is 1. The molecule has 222 valence electrons. The van der Waals surface area contributed by atoms with Crippen LogP contribution in [-0.4, -0.2) is 38.1 Å². The van der Waals surface area contributed by atoms with Crippen molar-refractivity contribution >= 4 is 40.5 Å². The smallest absolute Gasteiger partial charge is 0.352 e. The molecule has 0 aliphatic heterocycles. The number of carbonyl (C=O) groups excluding carboxylic acids is 1. The van der Waals surface area contributed by atoms with E-state index in [0.717, 1.165) is 11.6 Å². The summed E-state index contributed by atoms with van der Waals surface area (Å²) in [6, 6.07) is 20.9. The Kier molecular flexibility index (Phi) is 10.4. The molecule has 1 amide bonds. The Bertz CT molecular complexity index is 1600. The van der Waals surface area contributed by atoms with Crippen molar-refractivity contribution in [1.29, 1.82) is 5.26 Å². The third-order valence-electron chi connectivity index (χ3n) is 6.54. The molecule has 1 heterocycles. The van der Waals surface area contributed by atoms with Crippen LogP contribution in [0.15, 0.2) is 85.3 Å². The molecule has 0 saturated carbocycles. The van der Waals surface area contributed by atoms with Crippen LogP contribution in [0.1, 0.15) is 34.9 Å². The minimum Gasteiger partial charge on any atom is -0.352 e. The number of thiocarbonyl (C=S) groups is 1. The van der Waals surface area contributed by atoms with E-state index in [9.17, 15) is 18.0 Å². The molecule has 0 radical (unpaired) electrons. The second-order valence-corrected chi connectivity index (χ2v) is 10.8. The first-order valence-electron chi connectivity index (χ1n) is 13.3. The van der Waals surface area contributed by atoms with Gasteiger partial charge in [0.05, 0.1) is 29.9 Å². The highest BCUT2D eigenvalue weighted by molar-refractivity contribution is 7.80. The number of halogens is 4. The van der Waals surface area contributed by atoms with E-state index in [-0.39, 0.29) is 36.1 Å². The minimum atomic E-state index is -4.53. The lowest BCUT2D eigenvalue weighted by Crippen LogP contribution is -2.46. The predicted molar refractivity (Wildman–Crippen MR) is 163 cm³/mol. The number of nitriles is 1. The molecule has 43 heavy (non-hydrogen) atoms. The van der Waals surface area contributed by atoms with Crippen molar-refractivity contribution in [2.75, 3.05) is 11.9 Å². The normalized spacial score (nSPS) is 11.8. The van der Waals surface area contributed by atoms with Crippen LogP contribution in [0.4, 0.5) is 18.9 Å². The number of carbonyl (C=O) groups is 1. The van der Waals surface area contributed by atoms with Crippen molar-refractivity contribution in [2.24, 2.45) is 0 Å². The van der Waals surface area contributed by atoms with Crippen molar-refractivity contribution in [3.8, 4) is 6.07 Å². The Morgan fingerprint density at radius 1 is 1.12 bits per heavy atom. The molecule has 4 rings (SSSR count). The largest absolute Gasteiger partial charge is 0.416 e. The fourth-order valence-electron chi connectivity index (χ4n) is 4.48. The molecule has 1 atom stereocenters. The van der Waals surface area contributed by atoms with Gasteiger partial charge in [0, 0.05) is 48.3 Å². The molecule has 4 aromatic rings. The van der Waals surface area contributed by atoms with Crippen molar-refractivity contribution < 1.29 is 18.0 Å². The zero-order valence-corrected chi connectivity index (χ0v) is 24.7. The first-order valence-corrected chi connectivity index (χ1v) is 14.0. The van der Waals surface area contributed by atoms with Gasteiger partial charge in [-0.05, 0) is 72.7 Å². The molecule has 3 aromatic carbocycles. The number of alkyl halides is 3. The highest BCUT2D eigenvalue weighted by Gasteiger charge is 2.33. The molecule has 1 aromatic heterocycles. The van der Waals surface area contributed by atoms with Gasteiger partial charge in [0.2, 0.25) is 5.91 Å². The summed E-state index contributed by atoms with van der Waals surface area (Å²) in [5.74, 6) is -0.277. The molecule has 12 heteroatoms. The van der Waals surface area contributed by atoms with Crippen LogP contribution in [0.25, 0.3) is 0 Å². The van der Waals surface area contributed by atoms with Crippen LogP contribution in [0.3, 0.4) is 0 Å². The number of amides is 1. The van der Waals surface area contributed by atoms with Gasteiger partial charge in [-0.3, -0.25) is 4.79 Å². The Morgan fingerprint density at radius 2 is 1.81 bits per heavy atom. The van der Waals surface area contributed by atoms with Crippen LogP contribution < -0.4 is 10.6 Å². The fourth-order valence-corrected chi connectivity index (χ4v) is 4.86. The Hall–Kier alpha value is -4.40. The van der Waals surface area contributed by atoms with E-state index in [1.165, 1.54) is 12.1 Å². The van der Waals surface area contributed by atoms with E-state index in [4.69, 9.17) is 29.1 Å². The van der Waals surface area contributed by atoms with Gasteiger partial charge in [0.15, 0.2) is 5.11 Å². The fraction of sp³-hybridized carbons (Fsp3) is 0.226. The molecule has 7 nitrogen and oxygen atoms in total. The van der Waals surface area contributed by atoms with Crippen LogP contribution in [0.2, 0.25) is 5.02 Å². The number of nitrogens with one attached hydrogen (secondary N) is 2. The van der Waals surface area contributed by atoms with Crippen LogP contribution in [-0.2, 0) is 30.5 Å². The first-order chi connectivity index (χ1) is 20.5. The Morgan fingerprint density at radius 3 is 2.49 bits per heavy atom. The van der Waals surface area contributed by atoms with Crippen LogP contribution >= 0.6 is 23.8 Å². The average Bonchev–Trinajstić information content (AvgIpc) is 3.39. The number of imidazole rings is 1. The van der Waals surface area contributed by atoms with Crippen molar-refractivity contribution in [1.82, 2.24) is 19.8 Å². The van der Waals surface area contributed by atoms with Crippen molar-refractivity contribution in [3.63, 3.8) is 0 Å². The zero-order chi connectivity index (χ0) is 31.0. The number of aromatic nitrogens is 2. The summed E-state index contributed by atoms with van der Waals surface area (Å²) in [7, 11) is 0. The number of benzene rings is 3. The standard InChI is InChI=1S/C31H28ClF3N6OS/c1-21(38-29(42)14-27-16-37-20-41(27)18-23-8-6-22(15-36)7-9-23)17-40(30(43)39-26-12-10-25(32)11-13-26)19-24-4-2-3-5-28(24)31(33,34)35/h2-13,16,20-21H,14,17-19H2,1H3,(H,38,42)(H,39,43)/t21-/m0/s1. The topological polar surface area (TPSA) is 86.0 Å². The summed E-state index contributed by atoms with van der Waals surface area (Å²) in [4.78, 5) is 18.8. The average molecular weight is 625 g/mol. The molecular formula is C31H28ClF3N6OS. The van der Waals surface area contributed by atoms with Gasteiger partial charge >= 0.3 is 6.18 Å². The quantitative estimate of drug-likeness (QED) is 0.198. The molecule has 0 spiro atoms. The summed E-state index contributed by atoms with van der Waals surface area (Å²) in [6.07, 6.45) is -1.25. The molecular weight excluding hydrogens is 597 g/mol. The summed E-state index contributed by atoms with van der Waals surface area (Å²) < 4.78 is 43.1. The molecule has 0 aliphatic carbocycles. The lowest BCUT2D eigenvalue weighted by Gasteiger charge is -2.30. The van der Waals surface area contributed by atoms with Gasteiger partial charge < -0.3 is 20.1 Å². The maximum absolute atomic E-state index is 13.7. The van der Waals surface area contributed by atoms with Gasteiger partial charge in [-0.25, -0.2) is 4.98 Å². The lowest BCUT2D eigenvalue weighted by atomic mass is 10.1. The minimum absolute atomic E-state index is 0.0466. The number of hydrogen-bond donors (Lipinski definition) is 2. The molecule has 0 saturated heterocycles. The van der Waals surface area contributed by atoms with Crippen molar-refractivity contribution in [2.45, 2.75) is 38.7 Å². The first kappa shape index (κ1) is 31.5. The van der Waals surface area contributed by atoms with E-state index >= 15 is 0 Å². The summed E-state index contributed by atoms with van der Waals surface area (Å²) in [6.45, 7) is 2.24. The summed E-state index contributed by atoms with van der Waals surface area (Å²) in [5, 5.41) is 15.7. The van der Waals surface area contributed by atoms with Crippen LogP contribution in [0, 0.1) is 11.3 Å². The van der Waals surface area contributed by atoms with Gasteiger partial charge in [-0.1, -0.05) is 41.9 Å². The SMILES string of the molecule is C[C@@H](CN(Cc1ccccc1C(F)(F)F)C(=S)Nc1ccc(Cl)cc1)NC(=O)Cc1cncn1Cc1ccc(C#N)cc1. The molecule has 0 bridgehead atoms. The van der Waals surface area contributed by atoms with Crippen LogP contribution in [0.5, 0.6) is 0 Å². The van der Waals surface area contributed by atoms with E-state index in [0.29, 0.717) is 28.5 Å². The predicted octanol–water partition coefficient (Wildman–Crippen LogP) is 6.42. The van der Waals surface area contributed by atoms with Gasteiger partial charge in [-0.15, -0.1) is 0 Å². The van der Waals surface area contributed by atoms with Gasteiger partial charge in [0.25, 0.3) is 0 Å². The molecule has 0 aliphatic rings. The molecule has 0 fully saturated rings.